The third-order valence-corrected chi connectivity index (χ3v) is 11.0. The highest BCUT2D eigenvalue weighted by Crippen LogP contribution is 2.61. The smallest absolute Gasteiger partial charge is 0.408 e. The third kappa shape index (κ3) is 9.91. The summed E-state index contributed by atoms with van der Waals surface area (Å²) >= 11 is 0. The van der Waals surface area contributed by atoms with Crippen molar-refractivity contribution < 1.29 is 43.3 Å². The van der Waals surface area contributed by atoms with E-state index in [1.807, 2.05) is 6.07 Å². The second-order valence-electron chi connectivity index (χ2n) is 14.9. The van der Waals surface area contributed by atoms with Gasteiger partial charge in [0, 0.05) is 13.1 Å². The van der Waals surface area contributed by atoms with Gasteiger partial charge in [-0.05, 0) is 92.9 Å². The molecule has 5 aliphatic rings. The van der Waals surface area contributed by atoms with Gasteiger partial charge in [0.25, 0.3) is 0 Å². The molecule has 8 N–H and O–H groups in total. The maximum absolute atomic E-state index is 13.8. The summed E-state index contributed by atoms with van der Waals surface area (Å²) in [6, 6.07) is 4.33. The molecule has 5 fully saturated rings. The zero-order valence-corrected chi connectivity index (χ0v) is 29.6. The number of carboxylic acids is 1. The largest absolute Gasteiger partial charge is 0.481 e. The second kappa shape index (κ2) is 17.1. The number of hydrogen-bond donors (Lipinski definition) is 6. The molecule has 16 nitrogen and oxygen atoms in total. The normalized spacial score (nSPS) is 26.1. The van der Waals surface area contributed by atoms with Crippen LogP contribution >= 0.6 is 0 Å². The van der Waals surface area contributed by atoms with Crippen molar-refractivity contribution >= 4 is 41.7 Å². The number of ether oxygens (including phenoxy) is 2. The van der Waals surface area contributed by atoms with Crippen molar-refractivity contribution in [1.82, 2.24) is 20.9 Å². The minimum absolute atomic E-state index is 0.0191. The van der Waals surface area contributed by atoms with Gasteiger partial charge in [-0.25, -0.2) is 9.59 Å². The number of nitrogens with one attached hydrogen (secondary N) is 3. The Morgan fingerprint density at radius 3 is 2.23 bits per heavy atom. The second-order valence-corrected chi connectivity index (χ2v) is 14.9. The van der Waals surface area contributed by atoms with Crippen LogP contribution in [-0.4, -0.2) is 96.1 Å². The number of methoxy groups -OCH3 is 1. The van der Waals surface area contributed by atoms with Gasteiger partial charge >= 0.3 is 18.0 Å². The number of rotatable bonds is 17. The number of carbonyl (C=O) groups is 6. The SMILES string of the molecule is COC(=O)[C@H](CC12CC3CC(CC(C3)C1)C2)NC(=O)[C@H](CC(=O)O)N1CC[C@H](NC(=O)[C@H](CCCN=C(N)N)NC(=O)OCc2ccccc2)C1=O. The van der Waals surface area contributed by atoms with Gasteiger partial charge in [0.1, 0.15) is 30.8 Å². The van der Waals surface area contributed by atoms with Crippen molar-refractivity contribution in [1.29, 1.82) is 0 Å². The van der Waals surface area contributed by atoms with E-state index in [2.05, 4.69) is 20.9 Å². The van der Waals surface area contributed by atoms with Crippen molar-refractivity contribution in [3.63, 3.8) is 0 Å². The molecule has 1 aromatic carbocycles. The molecule has 4 saturated carbocycles. The molecule has 1 aromatic rings. The van der Waals surface area contributed by atoms with Crippen LogP contribution in [0.1, 0.15) is 76.2 Å². The van der Waals surface area contributed by atoms with E-state index in [4.69, 9.17) is 20.9 Å². The molecule has 4 aliphatic carbocycles. The predicted octanol–water partition coefficient (Wildman–Crippen LogP) is 1.16. The highest BCUT2D eigenvalue weighted by molar-refractivity contribution is 5.97. The number of guanidine groups is 1. The van der Waals surface area contributed by atoms with Crippen molar-refractivity contribution in [3.8, 4) is 0 Å². The molecule has 284 valence electrons. The first-order valence-electron chi connectivity index (χ1n) is 18.1. The first kappa shape index (κ1) is 38.3. The Hall–Kier alpha value is -4.89. The van der Waals surface area contributed by atoms with E-state index in [-0.39, 0.29) is 43.9 Å². The summed E-state index contributed by atoms with van der Waals surface area (Å²) in [7, 11) is 1.25. The Morgan fingerprint density at radius 2 is 1.63 bits per heavy atom. The Labute approximate surface area is 302 Å². The number of alkyl carbamates (subject to hydrolysis) is 1. The molecular weight excluding hydrogens is 674 g/mol. The molecule has 0 spiro atoms. The van der Waals surface area contributed by atoms with Crippen molar-refractivity contribution in [2.24, 2.45) is 39.6 Å². The van der Waals surface area contributed by atoms with Crippen LogP contribution in [0.4, 0.5) is 4.79 Å². The molecule has 1 aliphatic heterocycles. The number of carbonyl (C=O) groups excluding carboxylic acids is 5. The molecule has 1 saturated heterocycles. The summed E-state index contributed by atoms with van der Waals surface area (Å²) in [6.45, 7) is 0.136. The van der Waals surface area contributed by atoms with Crippen LogP contribution in [0.15, 0.2) is 35.3 Å². The number of hydrogen-bond acceptors (Lipinski definition) is 9. The van der Waals surface area contributed by atoms with E-state index in [9.17, 15) is 33.9 Å². The van der Waals surface area contributed by atoms with Crippen molar-refractivity contribution in [2.75, 3.05) is 20.2 Å². The molecule has 0 aromatic heterocycles. The van der Waals surface area contributed by atoms with Crippen molar-refractivity contribution in [2.45, 2.75) is 101 Å². The first-order valence-corrected chi connectivity index (χ1v) is 18.1. The van der Waals surface area contributed by atoms with Crippen LogP contribution in [0.25, 0.3) is 0 Å². The zero-order chi connectivity index (χ0) is 37.4. The molecule has 52 heavy (non-hydrogen) atoms. The van der Waals surface area contributed by atoms with Gasteiger partial charge in [-0.1, -0.05) is 30.3 Å². The number of nitrogens with two attached hydrogens (primary N) is 2. The standard InChI is InChI=1S/C36H51N7O9/c1-51-33(49)27(19-36-16-22-12-23(17-36)14-24(13-22)18-36)41-31(47)28(15-29(44)45)43-11-9-26(32(43)48)40-30(46)25(8-5-10-39-34(37)38)42-35(50)52-20-21-6-3-2-4-7-21/h2-4,6-7,22-28H,5,8-20H2,1H3,(H,40,46)(H,41,47)(H,42,50)(H,44,45)(H4,37,38,39)/t22?,23?,24?,25-,26-,27-,28-,36?/m0/s1. The Morgan fingerprint density at radius 1 is 0.981 bits per heavy atom. The number of carboxylic acid groups (broad SMARTS) is 1. The van der Waals surface area contributed by atoms with Gasteiger partial charge in [0.05, 0.1) is 13.5 Å². The van der Waals surface area contributed by atoms with E-state index in [1.165, 1.54) is 26.4 Å². The fourth-order valence-corrected chi connectivity index (χ4v) is 9.18. The lowest BCUT2D eigenvalue weighted by Gasteiger charge is -2.57. The molecule has 6 rings (SSSR count). The molecule has 0 radical (unpaired) electrons. The Balaban J connectivity index is 1.22. The van der Waals surface area contributed by atoms with Gasteiger partial charge in [-0.15, -0.1) is 0 Å². The highest BCUT2D eigenvalue weighted by atomic mass is 16.5. The summed E-state index contributed by atoms with van der Waals surface area (Å²) in [5.74, 6) is -2.32. The summed E-state index contributed by atoms with van der Waals surface area (Å²) < 4.78 is 10.4. The minimum atomic E-state index is -1.43. The monoisotopic (exact) mass is 725 g/mol. The lowest BCUT2D eigenvalue weighted by molar-refractivity contribution is -0.150. The van der Waals surface area contributed by atoms with Crippen LogP contribution in [-0.2, 0) is 40.1 Å². The topological polar surface area (TPSA) is 245 Å². The summed E-state index contributed by atoms with van der Waals surface area (Å²) in [5.41, 5.74) is 11.5. The van der Waals surface area contributed by atoms with Gasteiger partial charge < -0.3 is 46.9 Å². The predicted molar refractivity (Wildman–Crippen MR) is 187 cm³/mol. The number of likely N-dealkylation sites (tertiary alicyclic amines) is 1. The average molecular weight is 726 g/mol. The van der Waals surface area contributed by atoms with E-state index < -0.39 is 66.3 Å². The van der Waals surface area contributed by atoms with E-state index in [0.717, 1.165) is 29.7 Å². The summed E-state index contributed by atoms with van der Waals surface area (Å²) in [5, 5.41) is 17.7. The summed E-state index contributed by atoms with van der Waals surface area (Å²) in [6.07, 6.45) is 5.93. The lowest BCUT2D eigenvalue weighted by atomic mass is 9.48. The molecule has 4 atom stereocenters. The molecule has 4 amide bonds. The van der Waals surface area contributed by atoms with Gasteiger partial charge in [0.15, 0.2) is 5.96 Å². The maximum Gasteiger partial charge on any atom is 0.408 e. The van der Waals surface area contributed by atoms with Crippen LogP contribution in [0.2, 0.25) is 0 Å². The maximum atomic E-state index is 13.8. The van der Waals surface area contributed by atoms with Crippen LogP contribution in [0.5, 0.6) is 0 Å². The molecular formula is C36H51N7O9. The number of amides is 4. The third-order valence-electron chi connectivity index (χ3n) is 11.0. The fourth-order valence-electron chi connectivity index (χ4n) is 9.18. The number of aliphatic carboxylic acids is 1. The average Bonchev–Trinajstić information content (AvgIpc) is 3.45. The highest BCUT2D eigenvalue weighted by Gasteiger charge is 2.52. The van der Waals surface area contributed by atoms with Gasteiger partial charge in [0.2, 0.25) is 17.7 Å². The number of aliphatic imine (C=N–C) groups is 1. The number of esters is 1. The first-order chi connectivity index (χ1) is 24.8. The van der Waals surface area contributed by atoms with Crippen LogP contribution < -0.4 is 27.4 Å². The minimum Gasteiger partial charge on any atom is -0.481 e. The number of nitrogens with zero attached hydrogens (tertiary/aromatic N) is 2. The number of benzene rings is 1. The quantitative estimate of drug-likeness (QED) is 0.0576. The van der Waals surface area contributed by atoms with Crippen molar-refractivity contribution in [3.05, 3.63) is 35.9 Å². The summed E-state index contributed by atoms with van der Waals surface area (Å²) in [4.78, 5) is 83.6. The fraction of sp³-hybridized carbons (Fsp3) is 0.639. The molecule has 16 heteroatoms. The van der Waals surface area contributed by atoms with Gasteiger partial charge in [-0.3, -0.25) is 24.2 Å². The Bertz CT molecular complexity index is 1480. The molecule has 4 bridgehead atoms. The Kier molecular flexibility index (Phi) is 12.6. The molecule has 0 unspecified atom stereocenters. The lowest BCUT2D eigenvalue weighted by Crippen LogP contribution is -2.57. The van der Waals surface area contributed by atoms with Crippen LogP contribution in [0, 0.1) is 23.2 Å². The zero-order valence-electron chi connectivity index (χ0n) is 29.6. The molecule has 1 heterocycles. The van der Waals surface area contributed by atoms with E-state index in [1.54, 1.807) is 24.3 Å². The van der Waals surface area contributed by atoms with E-state index >= 15 is 0 Å². The van der Waals surface area contributed by atoms with Gasteiger partial charge in [-0.2, -0.15) is 0 Å². The van der Waals surface area contributed by atoms with E-state index in [0.29, 0.717) is 30.6 Å². The van der Waals surface area contributed by atoms with Crippen LogP contribution in [0.3, 0.4) is 0 Å².